The average molecular weight is 306 g/mol. The molecule has 1 fully saturated rings. The van der Waals surface area contributed by atoms with Crippen molar-refractivity contribution in [3.8, 4) is 11.3 Å². The minimum Gasteiger partial charge on any atom is -0.440 e. The number of anilines is 1. The number of nitrogens with one attached hydrogen (secondary N) is 1. The zero-order chi connectivity index (χ0) is 15.6. The van der Waals surface area contributed by atoms with E-state index in [2.05, 4.69) is 22.0 Å². The van der Waals surface area contributed by atoms with Gasteiger partial charge in [-0.15, -0.1) is 0 Å². The molecule has 1 saturated carbocycles. The Labute approximate surface area is 134 Å². The van der Waals surface area contributed by atoms with E-state index < -0.39 is 0 Å². The first-order valence-electron chi connectivity index (χ1n) is 7.77. The van der Waals surface area contributed by atoms with Crippen molar-refractivity contribution in [1.82, 2.24) is 14.8 Å². The van der Waals surface area contributed by atoms with Gasteiger partial charge in [0, 0.05) is 41.7 Å². The maximum absolute atomic E-state index is 5.83. The quantitative estimate of drug-likeness (QED) is 0.744. The maximum atomic E-state index is 5.83. The smallest absolute Gasteiger partial charge is 0.198 e. The van der Waals surface area contributed by atoms with Crippen LogP contribution in [0.5, 0.6) is 0 Å². The van der Waals surface area contributed by atoms with Crippen molar-refractivity contribution in [2.75, 3.05) is 5.32 Å². The first-order chi connectivity index (χ1) is 11.3. The third-order valence-electron chi connectivity index (χ3n) is 3.96. The molecule has 0 spiro atoms. The van der Waals surface area contributed by atoms with Crippen molar-refractivity contribution in [3.05, 3.63) is 60.9 Å². The highest BCUT2D eigenvalue weighted by Gasteiger charge is 2.28. The molecule has 2 heterocycles. The number of aromatic nitrogens is 3. The second kappa shape index (κ2) is 5.76. The molecule has 5 heteroatoms. The van der Waals surface area contributed by atoms with Crippen LogP contribution < -0.4 is 5.32 Å². The predicted octanol–water partition coefficient (Wildman–Crippen LogP) is 4.13. The molecule has 0 bridgehead atoms. The molecule has 0 unspecified atom stereocenters. The van der Waals surface area contributed by atoms with Crippen molar-refractivity contribution < 1.29 is 4.42 Å². The highest BCUT2D eigenvalue weighted by molar-refractivity contribution is 5.60. The summed E-state index contributed by atoms with van der Waals surface area (Å²) < 4.78 is 7.52. The van der Waals surface area contributed by atoms with Gasteiger partial charge < -0.3 is 9.73 Å². The van der Waals surface area contributed by atoms with Crippen LogP contribution in [0.3, 0.4) is 0 Å². The molecule has 4 rings (SSSR count). The summed E-state index contributed by atoms with van der Waals surface area (Å²) in [4.78, 5) is 4.36. The van der Waals surface area contributed by atoms with Crippen molar-refractivity contribution in [3.63, 3.8) is 0 Å². The molecule has 0 radical (unpaired) electrons. The maximum Gasteiger partial charge on any atom is 0.198 e. The highest BCUT2D eigenvalue weighted by atomic mass is 16.4. The SMILES string of the molecule is C=Cn1cc(CNc2ccc(-c3cnc(C4CC4)o3)cc2)cn1. The van der Waals surface area contributed by atoms with Crippen molar-refractivity contribution >= 4 is 11.9 Å². The Bertz CT molecular complexity index is 812. The van der Waals surface area contributed by atoms with Crippen LogP contribution in [0.15, 0.2) is 53.9 Å². The Morgan fingerprint density at radius 1 is 1.26 bits per heavy atom. The Hall–Kier alpha value is -2.82. The summed E-state index contributed by atoms with van der Waals surface area (Å²) in [6.07, 6.45) is 9.67. The molecule has 1 N–H and O–H groups in total. The van der Waals surface area contributed by atoms with Gasteiger partial charge in [-0.2, -0.15) is 5.10 Å². The molecule has 116 valence electrons. The summed E-state index contributed by atoms with van der Waals surface area (Å²) in [7, 11) is 0. The Balaban J connectivity index is 1.41. The van der Waals surface area contributed by atoms with Gasteiger partial charge in [0.2, 0.25) is 0 Å². The lowest BCUT2D eigenvalue weighted by Crippen LogP contribution is -1.97. The van der Waals surface area contributed by atoms with Gasteiger partial charge in [-0.3, -0.25) is 0 Å². The molecular weight excluding hydrogens is 288 g/mol. The third-order valence-corrected chi connectivity index (χ3v) is 3.96. The van der Waals surface area contributed by atoms with Crippen LogP contribution in [0.4, 0.5) is 5.69 Å². The van der Waals surface area contributed by atoms with Crippen LogP contribution >= 0.6 is 0 Å². The highest BCUT2D eigenvalue weighted by Crippen LogP contribution is 2.40. The van der Waals surface area contributed by atoms with Gasteiger partial charge in [0.15, 0.2) is 11.7 Å². The molecule has 1 aliphatic carbocycles. The average Bonchev–Trinajstić information content (AvgIpc) is 3.14. The van der Waals surface area contributed by atoms with E-state index in [0.717, 1.165) is 35.0 Å². The van der Waals surface area contributed by atoms with Crippen LogP contribution in [0.1, 0.15) is 30.2 Å². The zero-order valence-corrected chi connectivity index (χ0v) is 12.8. The van der Waals surface area contributed by atoms with Crippen LogP contribution in [0.25, 0.3) is 17.5 Å². The summed E-state index contributed by atoms with van der Waals surface area (Å²) in [5, 5.41) is 7.54. The van der Waals surface area contributed by atoms with E-state index >= 15 is 0 Å². The topological polar surface area (TPSA) is 55.9 Å². The summed E-state index contributed by atoms with van der Waals surface area (Å²) in [5.41, 5.74) is 3.22. The molecule has 3 aromatic rings. The van der Waals surface area contributed by atoms with E-state index in [9.17, 15) is 0 Å². The third kappa shape index (κ3) is 3.04. The number of benzene rings is 1. The van der Waals surface area contributed by atoms with E-state index in [4.69, 9.17) is 4.42 Å². The van der Waals surface area contributed by atoms with E-state index in [1.54, 1.807) is 10.9 Å². The van der Waals surface area contributed by atoms with Gasteiger partial charge in [-0.05, 0) is 37.1 Å². The molecule has 0 saturated heterocycles. The van der Waals surface area contributed by atoms with Crippen LogP contribution in [0.2, 0.25) is 0 Å². The van der Waals surface area contributed by atoms with Crippen LogP contribution in [-0.2, 0) is 6.54 Å². The lowest BCUT2D eigenvalue weighted by Gasteiger charge is -2.05. The number of hydrogen-bond donors (Lipinski definition) is 1. The van der Waals surface area contributed by atoms with Gasteiger partial charge in [0.25, 0.3) is 0 Å². The lowest BCUT2D eigenvalue weighted by atomic mass is 10.1. The number of nitrogens with zero attached hydrogens (tertiary/aromatic N) is 3. The number of hydrogen-bond acceptors (Lipinski definition) is 4. The van der Waals surface area contributed by atoms with E-state index in [-0.39, 0.29) is 0 Å². The number of rotatable bonds is 6. The monoisotopic (exact) mass is 306 g/mol. The minimum atomic E-state index is 0.543. The van der Waals surface area contributed by atoms with Crippen molar-refractivity contribution in [2.24, 2.45) is 0 Å². The second-order valence-corrected chi connectivity index (χ2v) is 5.78. The first kappa shape index (κ1) is 13.8. The zero-order valence-electron chi connectivity index (χ0n) is 12.8. The molecule has 0 aliphatic heterocycles. The van der Waals surface area contributed by atoms with E-state index in [0.29, 0.717) is 5.92 Å². The Morgan fingerprint density at radius 3 is 2.78 bits per heavy atom. The molecule has 5 nitrogen and oxygen atoms in total. The molecular formula is C18H18N4O. The fourth-order valence-corrected chi connectivity index (χ4v) is 2.47. The molecule has 0 atom stereocenters. The van der Waals surface area contributed by atoms with Gasteiger partial charge >= 0.3 is 0 Å². The number of oxazole rings is 1. The minimum absolute atomic E-state index is 0.543. The van der Waals surface area contributed by atoms with E-state index in [1.807, 2.05) is 42.9 Å². The van der Waals surface area contributed by atoms with E-state index in [1.165, 1.54) is 12.8 Å². The summed E-state index contributed by atoms with van der Waals surface area (Å²) >= 11 is 0. The van der Waals surface area contributed by atoms with Crippen LogP contribution in [-0.4, -0.2) is 14.8 Å². The van der Waals surface area contributed by atoms with Gasteiger partial charge in [-0.25, -0.2) is 9.67 Å². The Morgan fingerprint density at radius 2 is 2.09 bits per heavy atom. The second-order valence-electron chi connectivity index (χ2n) is 5.78. The molecule has 1 aromatic carbocycles. The summed E-state index contributed by atoms with van der Waals surface area (Å²) in [6, 6.07) is 8.19. The lowest BCUT2D eigenvalue weighted by molar-refractivity contribution is 0.509. The fourth-order valence-electron chi connectivity index (χ4n) is 2.47. The molecule has 0 amide bonds. The largest absolute Gasteiger partial charge is 0.440 e. The first-order valence-corrected chi connectivity index (χ1v) is 7.77. The van der Waals surface area contributed by atoms with Crippen molar-refractivity contribution in [2.45, 2.75) is 25.3 Å². The summed E-state index contributed by atoms with van der Waals surface area (Å²) in [5.74, 6) is 2.26. The van der Waals surface area contributed by atoms with Gasteiger partial charge in [-0.1, -0.05) is 6.58 Å². The molecule has 1 aliphatic rings. The molecule has 2 aromatic heterocycles. The Kier molecular flexibility index (Phi) is 3.46. The fraction of sp³-hybridized carbons (Fsp3) is 0.222. The normalized spacial score (nSPS) is 13.9. The standard InChI is InChI=1S/C18H18N4O/c1-2-22-12-13(10-21-22)9-19-16-7-5-14(6-8-16)17-11-20-18(23-17)15-3-4-15/h2,5-8,10-12,15,19H,1,3-4,9H2. The van der Waals surface area contributed by atoms with Crippen LogP contribution in [0, 0.1) is 0 Å². The van der Waals surface area contributed by atoms with Gasteiger partial charge in [0.1, 0.15) is 0 Å². The van der Waals surface area contributed by atoms with Crippen molar-refractivity contribution in [1.29, 1.82) is 0 Å². The predicted molar refractivity (Wildman–Crippen MR) is 89.9 cm³/mol. The van der Waals surface area contributed by atoms with Gasteiger partial charge in [0.05, 0.1) is 12.4 Å². The molecule has 23 heavy (non-hydrogen) atoms. The summed E-state index contributed by atoms with van der Waals surface area (Å²) in [6.45, 7) is 4.41.